The number of rotatable bonds is 5. The summed E-state index contributed by atoms with van der Waals surface area (Å²) in [5.41, 5.74) is 4.95. The first kappa shape index (κ1) is 13.8. The van der Waals surface area contributed by atoms with E-state index in [-0.39, 0.29) is 5.56 Å². The van der Waals surface area contributed by atoms with Crippen LogP contribution in [-0.4, -0.2) is 16.1 Å². The third-order valence-corrected chi connectivity index (χ3v) is 3.21. The Balaban J connectivity index is 2.50. The predicted octanol–water partition coefficient (Wildman–Crippen LogP) is 2.60. The summed E-state index contributed by atoms with van der Waals surface area (Å²) < 4.78 is 5.80. The molecular formula is C13H17N3O2S. The van der Waals surface area contributed by atoms with Crippen molar-refractivity contribution in [2.24, 2.45) is 5.92 Å². The van der Waals surface area contributed by atoms with Gasteiger partial charge in [0.1, 0.15) is 5.69 Å². The Bertz CT molecular complexity index is 590. The Morgan fingerprint density at radius 1 is 1.47 bits per heavy atom. The van der Waals surface area contributed by atoms with Gasteiger partial charge >= 0.3 is 0 Å². The van der Waals surface area contributed by atoms with Gasteiger partial charge in [-0.1, -0.05) is 13.8 Å². The van der Waals surface area contributed by atoms with Crippen LogP contribution in [0.5, 0.6) is 0 Å². The molecule has 2 aromatic rings. The molecule has 1 N–H and O–H groups in total. The average molecular weight is 279 g/mol. The highest BCUT2D eigenvalue weighted by molar-refractivity contribution is 7.03. The van der Waals surface area contributed by atoms with Crippen molar-refractivity contribution in [2.75, 3.05) is 12.6 Å². The molecular weight excluding hydrogens is 262 g/mol. The first-order valence-corrected chi connectivity index (χ1v) is 6.88. The van der Waals surface area contributed by atoms with Gasteiger partial charge in [0, 0.05) is 35.4 Å². The zero-order valence-electron chi connectivity index (χ0n) is 11.2. The van der Waals surface area contributed by atoms with Gasteiger partial charge in [-0.3, -0.25) is 15.1 Å². The highest BCUT2D eigenvalue weighted by Gasteiger charge is 2.10. The molecule has 0 saturated carbocycles. The first-order chi connectivity index (χ1) is 9.11. The van der Waals surface area contributed by atoms with Crippen molar-refractivity contribution >= 4 is 17.2 Å². The normalized spacial score (nSPS) is 10.9. The van der Waals surface area contributed by atoms with Crippen molar-refractivity contribution in [1.82, 2.24) is 8.94 Å². The van der Waals surface area contributed by atoms with Crippen LogP contribution < -0.4 is 11.0 Å². The zero-order valence-corrected chi connectivity index (χ0v) is 12.0. The topological polar surface area (TPSA) is 56.1 Å². The molecule has 0 radical (unpaired) electrons. The predicted molar refractivity (Wildman–Crippen MR) is 77.3 cm³/mol. The second-order valence-corrected chi connectivity index (χ2v) is 5.37. The van der Waals surface area contributed by atoms with E-state index in [0.29, 0.717) is 18.2 Å². The van der Waals surface area contributed by atoms with Crippen LogP contribution in [0, 0.1) is 5.92 Å². The van der Waals surface area contributed by atoms with Gasteiger partial charge in [-0.25, -0.2) is 4.37 Å². The number of anilines is 1. The summed E-state index contributed by atoms with van der Waals surface area (Å²) in [6.07, 6.45) is 3.66. The second-order valence-electron chi connectivity index (χ2n) is 4.71. The monoisotopic (exact) mass is 279 g/mol. The minimum absolute atomic E-state index is 0.0810. The molecule has 0 aliphatic carbocycles. The van der Waals surface area contributed by atoms with Gasteiger partial charge < -0.3 is 4.57 Å². The molecule has 2 aromatic heterocycles. The van der Waals surface area contributed by atoms with E-state index in [2.05, 4.69) is 23.7 Å². The van der Waals surface area contributed by atoms with Crippen LogP contribution >= 0.6 is 11.5 Å². The van der Waals surface area contributed by atoms with E-state index in [1.165, 1.54) is 18.6 Å². The van der Waals surface area contributed by atoms with E-state index in [0.717, 1.165) is 11.1 Å². The molecule has 2 heterocycles. The molecule has 0 bridgehead atoms. The minimum atomic E-state index is -0.0810. The fraction of sp³-hybridized carbons (Fsp3) is 0.385. The number of nitrogens with zero attached hydrogens (tertiary/aromatic N) is 2. The second kappa shape index (κ2) is 5.99. The highest BCUT2D eigenvalue weighted by Crippen LogP contribution is 2.21. The Hall–Kier alpha value is -1.66. The van der Waals surface area contributed by atoms with Gasteiger partial charge in [0.15, 0.2) is 0 Å². The van der Waals surface area contributed by atoms with Crippen LogP contribution in [-0.2, 0) is 11.4 Å². The smallest absolute Gasteiger partial charge is 0.276 e. The van der Waals surface area contributed by atoms with Crippen LogP contribution in [0.4, 0.5) is 5.69 Å². The largest absolute Gasteiger partial charge is 0.313 e. The Morgan fingerprint density at radius 2 is 2.26 bits per heavy atom. The Labute approximate surface area is 116 Å². The molecule has 0 amide bonds. The van der Waals surface area contributed by atoms with Crippen molar-refractivity contribution in [3.05, 3.63) is 34.2 Å². The van der Waals surface area contributed by atoms with E-state index >= 15 is 0 Å². The van der Waals surface area contributed by atoms with Crippen molar-refractivity contribution in [2.45, 2.75) is 20.4 Å². The number of aromatic nitrogens is 2. The molecule has 102 valence electrons. The molecule has 19 heavy (non-hydrogen) atoms. The SMILES string of the molecule is CONc1cc(-c2cnsc2)cn(CC(C)C)c1=O. The van der Waals surface area contributed by atoms with Gasteiger partial charge in [-0.2, -0.15) is 0 Å². The Kier molecular flexibility index (Phi) is 4.34. The minimum Gasteiger partial charge on any atom is -0.313 e. The number of hydrogen-bond acceptors (Lipinski definition) is 5. The van der Waals surface area contributed by atoms with Crippen molar-refractivity contribution in [1.29, 1.82) is 0 Å². The quantitative estimate of drug-likeness (QED) is 0.855. The van der Waals surface area contributed by atoms with Crippen LogP contribution in [0.3, 0.4) is 0 Å². The number of pyridine rings is 1. The maximum Gasteiger partial charge on any atom is 0.276 e. The molecule has 0 unspecified atom stereocenters. The maximum absolute atomic E-state index is 12.2. The lowest BCUT2D eigenvalue weighted by atomic mass is 10.1. The molecule has 0 aliphatic rings. The van der Waals surface area contributed by atoms with Crippen molar-refractivity contribution < 1.29 is 4.84 Å². The molecule has 2 rings (SSSR count). The van der Waals surface area contributed by atoms with Crippen LogP contribution in [0.1, 0.15) is 13.8 Å². The van der Waals surface area contributed by atoms with E-state index in [1.807, 2.05) is 11.6 Å². The van der Waals surface area contributed by atoms with Crippen LogP contribution in [0.2, 0.25) is 0 Å². The summed E-state index contributed by atoms with van der Waals surface area (Å²) >= 11 is 1.39. The van der Waals surface area contributed by atoms with Gasteiger partial charge in [0.05, 0.1) is 7.11 Å². The third-order valence-electron chi connectivity index (χ3n) is 2.63. The molecule has 0 aromatic carbocycles. The average Bonchev–Trinajstić information content (AvgIpc) is 2.87. The number of nitrogens with one attached hydrogen (secondary N) is 1. The first-order valence-electron chi connectivity index (χ1n) is 6.05. The summed E-state index contributed by atoms with van der Waals surface area (Å²) in [5, 5.41) is 1.95. The molecule has 0 aliphatic heterocycles. The molecule has 0 spiro atoms. The lowest BCUT2D eigenvalue weighted by molar-refractivity contribution is 0.270. The van der Waals surface area contributed by atoms with Gasteiger partial charge in [0.25, 0.3) is 5.56 Å². The van der Waals surface area contributed by atoms with Crippen LogP contribution in [0.15, 0.2) is 28.6 Å². The molecule has 0 fully saturated rings. The van der Waals surface area contributed by atoms with E-state index in [4.69, 9.17) is 4.84 Å². The fourth-order valence-corrected chi connectivity index (χ4v) is 2.40. The summed E-state index contributed by atoms with van der Waals surface area (Å²) in [5.74, 6) is 0.393. The van der Waals surface area contributed by atoms with E-state index in [9.17, 15) is 4.79 Å². The summed E-state index contributed by atoms with van der Waals surface area (Å²) in [6.45, 7) is 4.83. The molecule has 0 saturated heterocycles. The summed E-state index contributed by atoms with van der Waals surface area (Å²) in [7, 11) is 1.49. The lowest BCUT2D eigenvalue weighted by Crippen LogP contribution is -2.25. The maximum atomic E-state index is 12.2. The van der Waals surface area contributed by atoms with E-state index in [1.54, 1.807) is 16.8 Å². The standard InChI is InChI=1S/C13H17N3O2S/c1-9(2)6-16-7-10(11-5-14-19-8-11)4-12(13(16)17)15-18-3/h4-5,7-9,15H,6H2,1-3H3. The summed E-state index contributed by atoms with van der Waals surface area (Å²) in [6, 6.07) is 1.78. The fourth-order valence-electron chi connectivity index (χ4n) is 1.85. The van der Waals surface area contributed by atoms with Crippen molar-refractivity contribution in [3.8, 4) is 11.1 Å². The van der Waals surface area contributed by atoms with Crippen LogP contribution in [0.25, 0.3) is 11.1 Å². The van der Waals surface area contributed by atoms with Gasteiger partial charge in [-0.05, 0) is 23.5 Å². The zero-order chi connectivity index (χ0) is 13.8. The van der Waals surface area contributed by atoms with E-state index < -0.39 is 0 Å². The third kappa shape index (κ3) is 3.21. The summed E-state index contributed by atoms with van der Waals surface area (Å²) in [4.78, 5) is 17.1. The lowest BCUT2D eigenvalue weighted by Gasteiger charge is -2.13. The van der Waals surface area contributed by atoms with Crippen molar-refractivity contribution in [3.63, 3.8) is 0 Å². The Morgan fingerprint density at radius 3 is 2.84 bits per heavy atom. The number of hydrogen-bond donors (Lipinski definition) is 1. The molecule has 0 atom stereocenters. The van der Waals surface area contributed by atoms with Gasteiger partial charge in [0.2, 0.25) is 0 Å². The molecule has 6 heteroatoms. The van der Waals surface area contributed by atoms with Gasteiger partial charge in [-0.15, -0.1) is 0 Å². The molecule has 5 nitrogen and oxygen atoms in total. The highest BCUT2D eigenvalue weighted by atomic mass is 32.1.